The molecule has 1 heterocycles. The van der Waals surface area contributed by atoms with Gasteiger partial charge in [0.05, 0.1) is 12.3 Å². The molecular weight excluding hydrogens is 495 g/mol. The zero-order chi connectivity index (χ0) is 18.9. The van der Waals surface area contributed by atoms with E-state index in [1.54, 1.807) is 6.92 Å². The Morgan fingerprint density at radius 1 is 1.19 bits per heavy atom. The Morgan fingerprint density at radius 3 is 2.52 bits per heavy atom. The first-order chi connectivity index (χ1) is 12.5. The summed E-state index contributed by atoms with van der Waals surface area (Å²) in [6.45, 7) is 6.08. The summed E-state index contributed by atoms with van der Waals surface area (Å²) in [5.41, 5.74) is 0.151. The van der Waals surface area contributed by atoms with Crippen LogP contribution in [-0.4, -0.2) is 46.3 Å². The van der Waals surface area contributed by atoms with Crippen molar-refractivity contribution >= 4 is 51.3 Å². The number of hydrogen-bond donors (Lipinski definition) is 3. The molecule has 0 atom stereocenters. The number of halogens is 1. The van der Waals surface area contributed by atoms with Crippen molar-refractivity contribution < 1.29 is 8.42 Å². The third-order valence-corrected chi connectivity index (χ3v) is 7.38. The first-order valence-electron chi connectivity index (χ1n) is 9.55. The van der Waals surface area contributed by atoms with E-state index in [-0.39, 0.29) is 35.1 Å². The van der Waals surface area contributed by atoms with Gasteiger partial charge in [-0.3, -0.25) is 4.99 Å². The Balaban J connectivity index is 0.00000364. The molecule has 2 rings (SSSR count). The Labute approximate surface area is 185 Å². The predicted molar refractivity (Wildman–Crippen MR) is 126 cm³/mol. The van der Waals surface area contributed by atoms with Crippen LogP contribution in [0.3, 0.4) is 0 Å². The van der Waals surface area contributed by atoms with Gasteiger partial charge in [0.25, 0.3) is 0 Å². The van der Waals surface area contributed by atoms with Gasteiger partial charge >= 0.3 is 0 Å². The van der Waals surface area contributed by atoms with E-state index in [0.29, 0.717) is 13.1 Å². The maximum Gasteiger partial charge on any atom is 0.211 e. The largest absolute Gasteiger partial charge is 0.357 e. The molecule has 0 spiro atoms. The highest BCUT2D eigenvalue weighted by Gasteiger charge is 2.34. The molecule has 156 valence electrons. The average molecular weight is 529 g/mol. The zero-order valence-corrected chi connectivity index (χ0v) is 20.3. The van der Waals surface area contributed by atoms with Crippen LogP contribution in [0.1, 0.15) is 50.8 Å². The lowest BCUT2D eigenvalue weighted by Gasteiger charge is -2.35. The van der Waals surface area contributed by atoms with Gasteiger partial charge in [0.15, 0.2) is 5.96 Å². The number of sulfonamides is 1. The summed E-state index contributed by atoms with van der Waals surface area (Å²) >= 11 is 1.83. The van der Waals surface area contributed by atoms with Gasteiger partial charge in [0, 0.05) is 29.9 Å². The van der Waals surface area contributed by atoms with Crippen LogP contribution >= 0.6 is 35.3 Å². The van der Waals surface area contributed by atoms with E-state index in [0.717, 1.165) is 19.0 Å². The molecule has 1 fully saturated rings. The Hall–Kier alpha value is -0.390. The van der Waals surface area contributed by atoms with Gasteiger partial charge in [-0.2, -0.15) is 0 Å². The van der Waals surface area contributed by atoms with Crippen molar-refractivity contribution in [1.29, 1.82) is 0 Å². The Bertz CT molecular complexity index is 657. The summed E-state index contributed by atoms with van der Waals surface area (Å²) in [4.78, 5) is 6.28. The summed E-state index contributed by atoms with van der Waals surface area (Å²) in [7, 11) is -3.15. The third kappa shape index (κ3) is 7.86. The van der Waals surface area contributed by atoms with E-state index in [9.17, 15) is 8.42 Å². The normalized spacial score (nSPS) is 17.2. The van der Waals surface area contributed by atoms with Crippen molar-refractivity contribution in [3.63, 3.8) is 0 Å². The summed E-state index contributed by atoms with van der Waals surface area (Å²) in [6.07, 6.45) is 6.21. The summed E-state index contributed by atoms with van der Waals surface area (Å²) in [5, 5.41) is 8.65. The second kappa shape index (κ2) is 12.2. The second-order valence-electron chi connectivity index (χ2n) is 6.74. The van der Waals surface area contributed by atoms with Gasteiger partial charge in [-0.1, -0.05) is 25.3 Å². The van der Waals surface area contributed by atoms with Gasteiger partial charge in [0.2, 0.25) is 10.0 Å². The van der Waals surface area contributed by atoms with Crippen molar-refractivity contribution in [3.05, 3.63) is 22.4 Å². The van der Waals surface area contributed by atoms with Crippen LogP contribution in [0.15, 0.2) is 22.5 Å². The maximum absolute atomic E-state index is 11.5. The fourth-order valence-electron chi connectivity index (χ4n) is 3.35. The number of thiophene rings is 1. The van der Waals surface area contributed by atoms with Crippen molar-refractivity contribution in [2.45, 2.75) is 51.4 Å². The molecule has 0 aliphatic heterocycles. The molecule has 6 nitrogen and oxygen atoms in total. The first kappa shape index (κ1) is 24.6. The lowest BCUT2D eigenvalue weighted by atomic mass is 9.73. The molecule has 3 N–H and O–H groups in total. The summed E-state index contributed by atoms with van der Waals surface area (Å²) < 4.78 is 25.6. The summed E-state index contributed by atoms with van der Waals surface area (Å²) in [6, 6.07) is 4.37. The number of nitrogens with zero attached hydrogens (tertiary/aromatic N) is 1. The highest BCUT2D eigenvalue weighted by molar-refractivity contribution is 14.0. The fraction of sp³-hybridized carbons (Fsp3) is 0.722. The molecule has 1 saturated carbocycles. The zero-order valence-electron chi connectivity index (χ0n) is 16.3. The van der Waals surface area contributed by atoms with Crippen molar-refractivity contribution in [2.75, 3.05) is 31.9 Å². The van der Waals surface area contributed by atoms with E-state index in [2.05, 4.69) is 32.9 Å². The smallest absolute Gasteiger partial charge is 0.211 e. The number of hydrogen-bond acceptors (Lipinski definition) is 4. The minimum Gasteiger partial charge on any atom is -0.357 e. The van der Waals surface area contributed by atoms with Gasteiger partial charge in [-0.25, -0.2) is 13.1 Å². The molecule has 1 aromatic rings. The second-order valence-corrected chi connectivity index (χ2v) is 9.78. The molecule has 0 radical (unpaired) electrons. The number of nitrogens with one attached hydrogen (secondary N) is 3. The molecule has 0 aromatic carbocycles. The standard InChI is InChI=1S/C18H32N4O2S2.HI/c1-3-19-17(20-12-13-22-26(23,24)4-2)21-15-18(10-6-5-7-11-18)16-9-8-14-25-16;/h8-9,14,22H,3-7,10-13,15H2,1-2H3,(H2,19,20,21);1H. The van der Waals surface area contributed by atoms with Gasteiger partial charge in [-0.05, 0) is 38.1 Å². The predicted octanol–water partition coefficient (Wildman–Crippen LogP) is 3.06. The van der Waals surface area contributed by atoms with Crippen LogP contribution in [0.4, 0.5) is 0 Å². The van der Waals surface area contributed by atoms with E-state index < -0.39 is 10.0 Å². The van der Waals surface area contributed by atoms with E-state index in [1.807, 2.05) is 18.3 Å². The van der Waals surface area contributed by atoms with Gasteiger partial charge in [0.1, 0.15) is 0 Å². The Kier molecular flexibility index (Phi) is 11.2. The SMILES string of the molecule is CCNC(=NCC1(c2cccs2)CCCCC1)NCCNS(=O)(=O)CC.I. The minimum absolute atomic E-state index is 0. The molecule has 0 amide bonds. The highest BCUT2D eigenvalue weighted by atomic mass is 127. The van der Waals surface area contributed by atoms with E-state index >= 15 is 0 Å². The third-order valence-electron chi connectivity index (χ3n) is 4.86. The van der Waals surface area contributed by atoms with Gasteiger partial charge < -0.3 is 10.6 Å². The lowest BCUT2D eigenvalue weighted by Crippen LogP contribution is -2.43. The van der Waals surface area contributed by atoms with Crippen LogP contribution in [-0.2, 0) is 15.4 Å². The summed E-state index contributed by atoms with van der Waals surface area (Å²) in [5.74, 6) is 0.856. The van der Waals surface area contributed by atoms with Crippen LogP contribution in [0, 0.1) is 0 Å². The molecular formula is C18H33IN4O2S2. The van der Waals surface area contributed by atoms with E-state index in [1.165, 1.54) is 37.0 Å². The van der Waals surface area contributed by atoms with Crippen LogP contribution < -0.4 is 15.4 Å². The fourth-order valence-corrected chi connectivity index (χ4v) is 4.95. The quantitative estimate of drug-likeness (QED) is 0.199. The molecule has 1 aliphatic carbocycles. The average Bonchev–Trinajstić information content (AvgIpc) is 3.19. The molecule has 1 aromatic heterocycles. The molecule has 1 aliphatic rings. The highest BCUT2D eigenvalue weighted by Crippen LogP contribution is 2.41. The molecule has 27 heavy (non-hydrogen) atoms. The van der Waals surface area contributed by atoms with Crippen molar-refractivity contribution in [1.82, 2.24) is 15.4 Å². The Morgan fingerprint density at radius 2 is 1.93 bits per heavy atom. The van der Waals surface area contributed by atoms with Crippen LogP contribution in [0.2, 0.25) is 0 Å². The van der Waals surface area contributed by atoms with Crippen LogP contribution in [0.5, 0.6) is 0 Å². The van der Waals surface area contributed by atoms with Crippen molar-refractivity contribution in [3.8, 4) is 0 Å². The maximum atomic E-state index is 11.5. The number of guanidine groups is 1. The molecule has 9 heteroatoms. The molecule has 0 saturated heterocycles. The molecule has 0 bridgehead atoms. The number of aliphatic imine (C=N–C) groups is 1. The number of rotatable bonds is 9. The van der Waals surface area contributed by atoms with Gasteiger partial charge in [-0.15, -0.1) is 35.3 Å². The lowest BCUT2D eigenvalue weighted by molar-refractivity contribution is 0.306. The monoisotopic (exact) mass is 528 g/mol. The van der Waals surface area contributed by atoms with Crippen molar-refractivity contribution in [2.24, 2.45) is 4.99 Å². The van der Waals surface area contributed by atoms with Crippen LogP contribution in [0.25, 0.3) is 0 Å². The first-order valence-corrected chi connectivity index (χ1v) is 12.1. The minimum atomic E-state index is -3.15. The van der Waals surface area contributed by atoms with E-state index in [4.69, 9.17) is 4.99 Å². The molecule has 0 unspecified atom stereocenters. The topological polar surface area (TPSA) is 82.6 Å².